The summed E-state index contributed by atoms with van der Waals surface area (Å²) in [7, 11) is 0. The second kappa shape index (κ2) is 9.77. The summed E-state index contributed by atoms with van der Waals surface area (Å²) < 4.78 is 21.6. The summed E-state index contributed by atoms with van der Waals surface area (Å²) in [4.78, 5) is 28.1. The summed E-state index contributed by atoms with van der Waals surface area (Å²) >= 11 is 13.6. The Morgan fingerprint density at radius 2 is 1.89 bits per heavy atom. The van der Waals surface area contributed by atoms with Crippen molar-refractivity contribution in [2.24, 2.45) is 0 Å². The molecule has 0 saturated carbocycles. The average Bonchev–Trinajstić information content (AvgIpc) is 3.26. The van der Waals surface area contributed by atoms with Gasteiger partial charge in [-0.15, -0.1) is 0 Å². The number of thioether (sulfide) groups is 1. The molecule has 5 aromatic rings. The molecule has 0 radical (unpaired) electrons. The van der Waals surface area contributed by atoms with E-state index in [0.717, 1.165) is 17.8 Å². The first kappa shape index (κ1) is 24.1. The summed E-state index contributed by atoms with van der Waals surface area (Å²) in [6.45, 7) is 0. The summed E-state index contributed by atoms with van der Waals surface area (Å²) in [5.74, 6) is -0.786. The highest BCUT2D eigenvalue weighted by atomic mass is 35.5. The number of aromatic nitrogens is 2. The van der Waals surface area contributed by atoms with Crippen molar-refractivity contribution in [2.45, 2.75) is 10.9 Å². The van der Waals surface area contributed by atoms with Gasteiger partial charge in [-0.3, -0.25) is 14.7 Å². The second-order valence-corrected chi connectivity index (χ2v) is 9.43. The third kappa shape index (κ3) is 4.60. The van der Waals surface area contributed by atoms with Crippen molar-refractivity contribution < 1.29 is 13.7 Å². The highest BCUT2D eigenvalue weighted by molar-refractivity contribution is 7.98. The zero-order valence-electron chi connectivity index (χ0n) is 18.2. The van der Waals surface area contributed by atoms with Gasteiger partial charge in [-0.25, -0.2) is 14.2 Å². The van der Waals surface area contributed by atoms with Crippen LogP contribution < -0.4 is 5.63 Å². The van der Waals surface area contributed by atoms with Gasteiger partial charge in [0.15, 0.2) is 5.16 Å². The van der Waals surface area contributed by atoms with Gasteiger partial charge in [0.25, 0.3) is 5.69 Å². The molecule has 2 aromatic heterocycles. The zero-order valence-corrected chi connectivity index (χ0v) is 20.5. The molecule has 3 aromatic carbocycles. The van der Waals surface area contributed by atoms with Gasteiger partial charge in [0.2, 0.25) is 0 Å². The maximum absolute atomic E-state index is 14.5. The van der Waals surface area contributed by atoms with Crippen LogP contribution in [0.4, 0.5) is 10.1 Å². The van der Waals surface area contributed by atoms with Gasteiger partial charge in [0.05, 0.1) is 32.5 Å². The first-order chi connectivity index (χ1) is 17.3. The lowest BCUT2D eigenvalue weighted by Crippen LogP contribution is -2.02. The molecular formula is C25H14Cl2FN3O4S. The molecule has 0 spiro atoms. The minimum Gasteiger partial charge on any atom is -0.422 e. The number of hydrogen-bond donors (Lipinski definition) is 0. The van der Waals surface area contributed by atoms with Gasteiger partial charge < -0.3 is 4.42 Å². The molecule has 11 heteroatoms. The topological polar surface area (TPSA) is 91.2 Å². The van der Waals surface area contributed by atoms with Gasteiger partial charge in [-0.05, 0) is 36.4 Å². The minimum atomic E-state index is -0.699. The van der Waals surface area contributed by atoms with E-state index in [-0.39, 0.29) is 22.6 Å². The van der Waals surface area contributed by atoms with Crippen LogP contribution in [0.25, 0.3) is 27.9 Å². The summed E-state index contributed by atoms with van der Waals surface area (Å²) in [5, 5.41) is 13.2. The molecule has 5 rings (SSSR count). The van der Waals surface area contributed by atoms with E-state index in [1.54, 1.807) is 47.2 Å². The van der Waals surface area contributed by atoms with E-state index in [2.05, 4.69) is 4.98 Å². The molecule has 180 valence electrons. The molecule has 0 bridgehead atoms. The molecule has 0 unspecified atom stereocenters. The lowest BCUT2D eigenvalue weighted by atomic mass is 10.1. The number of para-hydroxylation sites is 1. The monoisotopic (exact) mass is 541 g/mol. The van der Waals surface area contributed by atoms with E-state index >= 15 is 0 Å². The quantitative estimate of drug-likeness (QED) is 0.0969. The van der Waals surface area contributed by atoms with E-state index in [0.29, 0.717) is 37.6 Å². The SMILES string of the molecule is O=c1oc2ccccc2cc1-c1cn(-c2ccc(Cl)cc2Cl)c(SCc2c(F)cccc2[N+](=O)[O-])n1. The first-order valence-electron chi connectivity index (χ1n) is 10.4. The number of nitro benzene ring substituents is 1. The number of benzene rings is 3. The number of fused-ring (bicyclic) bond motifs is 1. The van der Waals surface area contributed by atoms with Crippen molar-refractivity contribution in [1.29, 1.82) is 0 Å². The molecule has 0 atom stereocenters. The van der Waals surface area contributed by atoms with Crippen LogP contribution in [0.15, 0.2) is 87.3 Å². The Morgan fingerprint density at radius 3 is 2.67 bits per heavy atom. The Balaban J connectivity index is 1.63. The highest BCUT2D eigenvalue weighted by Gasteiger charge is 2.21. The van der Waals surface area contributed by atoms with E-state index in [4.69, 9.17) is 27.6 Å². The summed E-state index contributed by atoms with van der Waals surface area (Å²) in [5.41, 5.74) is 0.476. The van der Waals surface area contributed by atoms with Crippen LogP contribution in [0.3, 0.4) is 0 Å². The van der Waals surface area contributed by atoms with Crippen LogP contribution in [0.2, 0.25) is 10.0 Å². The Labute approximate surface area is 217 Å². The standard InChI is InChI=1S/C25H14Cl2FN3O4S/c26-15-8-9-22(18(27)11-15)30-12-20(16-10-14-4-1-2-7-23(14)35-24(16)32)29-25(30)36-13-17-19(28)5-3-6-21(17)31(33)34/h1-12H,13H2. The van der Waals surface area contributed by atoms with Crippen molar-refractivity contribution in [1.82, 2.24) is 9.55 Å². The van der Waals surface area contributed by atoms with Gasteiger partial charge in [0.1, 0.15) is 11.4 Å². The molecule has 36 heavy (non-hydrogen) atoms. The van der Waals surface area contributed by atoms with Gasteiger partial charge >= 0.3 is 5.63 Å². The smallest absolute Gasteiger partial charge is 0.345 e. The van der Waals surface area contributed by atoms with Crippen LogP contribution in [0.5, 0.6) is 0 Å². The van der Waals surface area contributed by atoms with E-state index in [1.807, 2.05) is 12.1 Å². The molecule has 2 heterocycles. The molecule has 0 aliphatic rings. The maximum atomic E-state index is 14.5. The van der Waals surface area contributed by atoms with Gasteiger partial charge in [-0.1, -0.05) is 59.2 Å². The lowest BCUT2D eigenvalue weighted by Gasteiger charge is -2.10. The summed E-state index contributed by atoms with van der Waals surface area (Å²) in [6.07, 6.45) is 1.61. The van der Waals surface area contributed by atoms with Crippen molar-refractivity contribution in [3.05, 3.63) is 115 Å². The normalized spacial score (nSPS) is 11.2. The predicted octanol–water partition coefficient (Wildman–Crippen LogP) is 7.29. The maximum Gasteiger partial charge on any atom is 0.345 e. The molecule has 7 nitrogen and oxygen atoms in total. The van der Waals surface area contributed by atoms with Gasteiger partial charge in [0, 0.05) is 28.4 Å². The molecule has 0 saturated heterocycles. The van der Waals surface area contributed by atoms with Crippen LogP contribution in [0, 0.1) is 15.9 Å². The molecule has 0 aliphatic heterocycles. The van der Waals surface area contributed by atoms with E-state index < -0.39 is 16.4 Å². The van der Waals surface area contributed by atoms with Crippen molar-refractivity contribution in [3.63, 3.8) is 0 Å². The molecular weight excluding hydrogens is 528 g/mol. The first-order valence-corrected chi connectivity index (χ1v) is 12.2. The van der Waals surface area contributed by atoms with Crippen LogP contribution in [-0.4, -0.2) is 14.5 Å². The minimum absolute atomic E-state index is 0.0731. The second-order valence-electron chi connectivity index (χ2n) is 7.64. The molecule has 0 N–H and O–H groups in total. The fourth-order valence-corrected chi connectivity index (χ4v) is 5.19. The predicted molar refractivity (Wildman–Crippen MR) is 138 cm³/mol. The number of halogens is 3. The Kier molecular flexibility index (Phi) is 6.53. The number of hydrogen-bond acceptors (Lipinski definition) is 6. The van der Waals surface area contributed by atoms with Crippen LogP contribution >= 0.6 is 35.0 Å². The van der Waals surface area contributed by atoms with Crippen molar-refractivity contribution in [2.75, 3.05) is 0 Å². The van der Waals surface area contributed by atoms with Crippen molar-refractivity contribution in [3.8, 4) is 16.9 Å². The Hall–Kier alpha value is -3.66. The highest BCUT2D eigenvalue weighted by Crippen LogP contribution is 2.35. The number of rotatable bonds is 6. The summed E-state index contributed by atoms with van der Waals surface area (Å²) in [6, 6.07) is 17.3. The van der Waals surface area contributed by atoms with E-state index in [1.165, 1.54) is 12.1 Å². The Bertz CT molecular complexity index is 1700. The van der Waals surface area contributed by atoms with E-state index in [9.17, 15) is 19.3 Å². The van der Waals surface area contributed by atoms with Crippen LogP contribution in [-0.2, 0) is 5.75 Å². The number of nitrogens with zero attached hydrogens (tertiary/aromatic N) is 3. The third-order valence-corrected chi connectivity index (χ3v) is 6.91. The van der Waals surface area contributed by atoms with Crippen LogP contribution in [0.1, 0.15) is 5.56 Å². The lowest BCUT2D eigenvalue weighted by molar-refractivity contribution is -0.385. The molecule has 0 fully saturated rings. The zero-order chi connectivity index (χ0) is 25.4. The fraction of sp³-hybridized carbons (Fsp3) is 0.0400. The molecule has 0 aliphatic carbocycles. The third-order valence-electron chi connectivity index (χ3n) is 5.40. The number of nitro groups is 1. The van der Waals surface area contributed by atoms with Gasteiger partial charge in [-0.2, -0.15) is 0 Å². The Morgan fingerprint density at radius 1 is 1.08 bits per heavy atom. The fourth-order valence-electron chi connectivity index (χ4n) is 3.68. The molecule has 0 amide bonds. The number of imidazole rings is 1. The van der Waals surface area contributed by atoms with Crippen molar-refractivity contribution >= 4 is 51.6 Å². The average molecular weight is 542 g/mol. The largest absolute Gasteiger partial charge is 0.422 e.